The lowest BCUT2D eigenvalue weighted by molar-refractivity contribution is -0.150. The molecule has 0 fully saturated rings. The van der Waals surface area contributed by atoms with Crippen LogP contribution < -0.4 is 5.32 Å². The summed E-state index contributed by atoms with van der Waals surface area (Å²) >= 11 is 0. The number of nitrogens with one attached hydrogen (secondary N) is 1. The number of hydrogen-bond donors (Lipinski definition) is 1. The fourth-order valence-electron chi connectivity index (χ4n) is 0.827. The molecule has 0 aromatic carbocycles. The number of nitriles is 1. The maximum Gasteiger partial charge on any atom is 0.408 e. The minimum Gasteiger partial charge on any atom is -0.379 e. The van der Waals surface area contributed by atoms with Gasteiger partial charge in [-0.2, -0.15) is 18.4 Å². The molecule has 1 rings (SSSR count). The molecule has 0 aromatic heterocycles. The molecule has 1 heterocycles. The van der Waals surface area contributed by atoms with E-state index in [2.05, 4.69) is 5.32 Å². The summed E-state index contributed by atoms with van der Waals surface area (Å²) in [6.45, 7) is 0. The van der Waals surface area contributed by atoms with Crippen LogP contribution in [-0.2, 0) is 0 Å². The van der Waals surface area contributed by atoms with Gasteiger partial charge in [-0.1, -0.05) is 0 Å². The van der Waals surface area contributed by atoms with Gasteiger partial charge in [-0.3, -0.25) is 0 Å². The largest absolute Gasteiger partial charge is 0.408 e. The van der Waals surface area contributed by atoms with Crippen molar-refractivity contribution < 1.29 is 13.2 Å². The van der Waals surface area contributed by atoms with Gasteiger partial charge in [-0.05, 0) is 0 Å². The smallest absolute Gasteiger partial charge is 0.379 e. The van der Waals surface area contributed by atoms with Crippen molar-refractivity contribution >= 4 is 0 Å². The third-order valence-corrected chi connectivity index (χ3v) is 1.42. The molecule has 1 aliphatic rings. The van der Waals surface area contributed by atoms with Crippen molar-refractivity contribution in [3.8, 4) is 6.07 Å². The van der Waals surface area contributed by atoms with E-state index >= 15 is 0 Å². The quantitative estimate of drug-likeness (QED) is 0.583. The minimum absolute atomic E-state index is 0.146. The third-order valence-electron chi connectivity index (χ3n) is 1.42. The maximum atomic E-state index is 11.9. The van der Waals surface area contributed by atoms with Gasteiger partial charge in [0.15, 0.2) is 0 Å². The Hall–Kier alpha value is -1.18. The SMILES string of the molecule is N#CC1=CNC(C(F)(F)F)C1. The second kappa shape index (κ2) is 2.46. The molecule has 1 atom stereocenters. The Kier molecular flexibility index (Phi) is 1.77. The second-order valence-electron chi connectivity index (χ2n) is 2.25. The lowest BCUT2D eigenvalue weighted by Gasteiger charge is -2.14. The summed E-state index contributed by atoms with van der Waals surface area (Å²) in [7, 11) is 0. The van der Waals surface area contributed by atoms with Crippen molar-refractivity contribution in [1.29, 1.82) is 5.26 Å². The van der Waals surface area contributed by atoms with Crippen LogP contribution in [0.4, 0.5) is 13.2 Å². The molecule has 2 nitrogen and oxygen atoms in total. The van der Waals surface area contributed by atoms with E-state index in [0.717, 1.165) is 6.20 Å². The molecule has 0 radical (unpaired) electrons. The third kappa shape index (κ3) is 1.64. The van der Waals surface area contributed by atoms with E-state index in [4.69, 9.17) is 5.26 Å². The summed E-state index contributed by atoms with van der Waals surface area (Å²) < 4.78 is 35.6. The molecule has 60 valence electrons. The normalized spacial score (nSPS) is 23.8. The summed E-state index contributed by atoms with van der Waals surface area (Å²) in [5.41, 5.74) is 0.146. The van der Waals surface area contributed by atoms with Crippen LogP contribution >= 0.6 is 0 Å². The van der Waals surface area contributed by atoms with E-state index in [1.807, 2.05) is 0 Å². The molecule has 5 heteroatoms. The van der Waals surface area contributed by atoms with Crippen LogP contribution in [0.1, 0.15) is 6.42 Å². The van der Waals surface area contributed by atoms with Gasteiger partial charge in [0.25, 0.3) is 0 Å². The van der Waals surface area contributed by atoms with Gasteiger partial charge in [0.05, 0.1) is 6.07 Å². The van der Waals surface area contributed by atoms with Gasteiger partial charge in [0.1, 0.15) is 6.04 Å². The Balaban J connectivity index is 2.56. The molecule has 0 amide bonds. The summed E-state index contributed by atoms with van der Waals surface area (Å²) in [5, 5.41) is 10.3. The van der Waals surface area contributed by atoms with Crippen molar-refractivity contribution in [3.63, 3.8) is 0 Å². The highest BCUT2D eigenvalue weighted by Crippen LogP contribution is 2.27. The monoisotopic (exact) mass is 162 g/mol. The predicted molar refractivity (Wildman–Crippen MR) is 31.3 cm³/mol. The Morgan fingerprint density at radius 1 is 1.64 bits per heavy atom. The van der Waals surface area contributed by atoms with Crippen LogP contribution in [0.5, 0.6) is 0 Å². The zero-order valence-electron chi connectivity index (χ0n) is 5.44. The van der Waals surface area contributed by atoms with Crippen molar-refractivity contribution in [2.45, 2.75) is 18.6 Å². The van der Waals surface area contributed by atoms with E-state index in [1.165, 1.54) is 0 Å². The Bertz CT molecular complexity index is 223. The molecule has 1 aliphatic heterocycles. The summed E-state index contributed by atoms with van der Waals surface area (Å²) in [6.07, 6.45) is -3.40. The second-order valence-corrected chi connectivity index (χ2v) is 2.25. The fraction of sp³-hybridized carbons (Fsp3) is 0.500. The van der Waals surface area contributed by atoms with E-state index in [-0.39, 0.29) is 12.0 Å². The lowest BCUT2D eigenvalue weighted by Crippen LogP contribution is -2.36. The van der Waals surface area contributed by atoms with Crippen molar-refractivity contribution in [2.24, 2.45) is 0 Å². The van der Waals surface area contributed by atoms with Crippen LogP contribution in [0.15, 0.2) is 11.8 Å². The molecule has 0 aromatic rings. The maximum absolute atomic E-state index is 11.9. The Morgan fingerprint density at radius 2 is 2.27 bits per heavy atom. The highest BCUT2D eigenvalue weighted by Gasteiger charge is 2.41. The van der Waals surface area contributed by atoms with E-state index in [1.54, 1.807) is 6.07 Å². The average Bonchev–Trinajstić information content (AvgIpc) is 2.32. The van der Waals surface area contributed by atoms with Crippen LogP contribution in [0.3, 0.4) is 0 Å². The van der Waals surface area contributed by atoms with E-state index in [0.29, 0.717) is 0 Å². The minimum atomic E-state index is -4.25. The van der Waals surface area contributed by atoms with Gasteiger partial charge in [-0.25, -0.2) is 0 Å². The number of rotatable bonds is 0. The zero-order chi connectivity index (χ0) is 8.48. The van der Waals surface area contributed by atoms with Gasteiger partial charge in [-0.15, -0.1) is 0 Å². The number of nitrogens with zero attached hydrogens (tertiary/aromatic N) is 1. The van der Waals surface area contributed by atoms with Crippen molar-refractivity contribution in [1.82, 2.24) is 5.32 Å². The Morgan fingerprint density at radius 3 is 2.55 bits per heavy atom. The molecule has 11 heavy (non-hydrogen) atoms. The van der Waals surface area contributed by atoms with Crippen LogP contribution in [-0.4, -0.2) is 12.2 Å². The topological polar surface area (TPSA) is 35.8 Å². The standard InChI is InChI=1S/C6H5F3N2/c7-6(8,9)5-1-4(2-10)3-11-5/h3,5,11H,1H2. The number of halogens is 3. The molecule has 0 spiro atoms. The number of alkyl halides is 3. The van der Waals surface area contributed by atoms with Gasteiger partial charge in [0, 0.05) is 18.2 Å². The first kappa shape index (κ1) is 7.92. The molecule has 0 bridgehead atoms. The molecule has 1 N–H and O–H groups in total. The van der Waals surface area contributed by atoms with E-state index < -0.39 is 12.2 Å². The molecule has 0 aliphatic carbocycles. The molecular weight excluding hydrogens is 157 g/mol. The van der Waals surface area contributed by atoms with Gasteiger partial charge < -0.3 is 5.32 Å². The van der Waals surface area contributed by atoms with Crippen molar-refractivity contribution in [2.75, 3.05) is 0 Å². The average molecular weight is 162 g/mol. The molecule has 1 unspecified atom stereocenters. The van der Waals surface area contributed by atoms with Gasteiger partial charge in [0.2, 0.25) is 0 Å². The highest BCUT2D eigenvalue weighted by molar-refractivity contribution is 5.25. The summed E-state index contributed by atoms with van der Waals surface area (Å²) in [5.74, 6) is 0. The van der Waals surface area contributed by atoms with Crippen LogP contribution in [0.25, 0.3) is 0 Å². The molecule has 0 saturated carbocycles. The Labute approximate surface area is 61.3 Å². The summed E-state index contributed by atoms with van der Waals surface area (Å²) in [6, 6.07) is 0.0925. The summed E-state index contributed by atoms with van der Waals surface area (Å²) in [4.78, 5) is 0. The van der Waals surface area contributed by atoms with Gasteiger partial charge >= 0.3 is 6.18 Å². The molecule has 0 saturated heterocycles. The zero-order valence-corrected chi connectivity index (χ0v) is 5.44. The van der Waals surface area contributed by atoms with Crippen molar-refractivity contribution in [3.05, 3.63) is 11.8 Å². The molecular formula is C6H5F3N2. The van der Waals surface area contributed by atoms with Crippen LogP contribution in [0, 0.1) is 11.3 Å². The highest BCUT2D eigenvalue weighted by atomic mass is 19.4. The van der Waals surface area contributed by atoms with E-state index in [9.17, 15) is 13.2 Å². The van der Waals surface area contributed by atoms with Crippen LogP contribution in [0.2, 0.25) is 0 Å². The number of hydrogen-bond acceptors (Lipinski definition) is 2. The first-order chi connectivity index (χ1) is 5.04. The fourth-order valence-corrected chi connectivity index (χ4v) is 0.827. The predicted octanol–water partition coefficient (Wildman–Crippen LogP) is 1.32. The first-order valence-corrected chi connectivity index (χ1v) is 2.96. The first-order valence-electron chi connectivity index (χ1n) is 2.96. The lowest BCUT2D eigenvalue weighted by atomic mass is 10.1.